The third-order valence-corrected chi connectivity index (χ3v) is 6.75. The summed E-state index contributed by atoms with van der Waals surface area (Å²) in [6.07, 6.45) is 20.9. The number of benzene rings is 1. The van der Waals surface area contributed by atoms with E-state index in [4.69, 9.17) is 4.74 Å². The van der Waals surface area contributed by atoms with E-state index in [1.807, 2.05) is 26.8 Å². The van der Waals surface area contributed by atoms with Gasteiger partial charge in [0.15, 0.2) is 5.03 Å². The quantitative estimate of drug-likeness (QED) is 0.0886. The van der Waals surface area contributed by atoms with Crippen molar-refractivity contribution in [2.75, 3.05) is 6.61 Å². The van der Waals surface area contributed by atoms with E-state index >= 15 is 0 Å². The number of nitro groups is 1. The van der Waals surface area contributed by atoms with Crippen molar-refractivity contribution in [1.82, 2.24) is 5.43 Å². The Morgan fingerprint density at radius 3 is 2.26 bits per heavy atom. The summed E-state index contributed by atoms with van der Waals surface area (Å²) in [5, 5.41) is 10.5. The van der Waals surface area contributed by atoms with Crippen LogP contribution in [0.25, 0.3) is 0 Å². The van der Waals surface area contributed by atoms with E-state index < -0.39 is 5.03 Å². The average Bonchev–Trinajstić information content (AvgIpc) is 2.96. The normalized spacial score (nSPS) is 18.1. The number of hydrazine groups is 1. The monoisotopic (exact) mass is 542 g/mol. The van der Waals surface area contributed by atoms with Gasteiger partial charge in [-0.3, -0.25) is 0 Å². The Bertz CT molecular complexity index is 790. The number of hydrogen-bond donors (Lipinski definition) is 1. The molecule has 2 atom stereocenters. The van der Waals surface area contributed by atoms with E-state index in [2.05, 4.69) is 87.9 Å². The molecular weight excluding hydrogens is 484 g/mol. The van der Waals surface area contributed by atoms with Crippen molar-refractivity contribution in [2.45, 2.75) is 131 Å². The number of nitrogens with zero attached hydrogens (tertiary/aromatic N) is 1. The van der Waals surface area contributed by atoms with E-state index in [0.29, 0.717) is 18.6 Å². The molecule has 1 N–H and O–H groups in total. The number of unbranched alkanes of at least 4 members (excludes halogenated alkanes) is 2. The van der Waals surface area contributed by atoms with Crippen molar-refractivity contribution in [3.05, 3.63) is 69.8 Å². The first-order chi connectivity index (χ1) is 18.8. The van der Waals surface area contributed by atoms with E-state index in [1.165, 1.54) is 11.1 Å². The Kier molecular flexibility index (Phi) is 26.7. The van der Waals surface area contributed by atoms with Gasteiger partial charge in [-0.2, -0.15) is 0 Å². The molecule has 5 nitrogen and oxygen atoms in total. The van der Waals surface area contributed by atoms with Crippen LogP contribution in [-0.2, 0) is 4.74 Å². The lowest BCUT2D eigenvalue weighted by molar-refractivity contribution is -0.553. The van der Waals surface area contributed by atoms with Gasteiger partial charge in [0, 0.05) is 5.92 Å². The maximum absolute atomic E-state index is 10.9. The van der Waals surface area contributed by atoms with Gasteiger partial charge < -0.3 is 4.74 Å². The highest BCUT2D eigenvalue weighted by Crippen LogP contribution is 2.34. The van der Waals surface area contributed by atoms with Crippen molar-refractivity contribution < 1.29 is 9.77 Å². The Morgan fingerprint density at radius 2 is 1.77 bits per heavy atom. The molecule has 1 fully saturated rings. The zero-order valence-electron chi connectivity index (χ0n) is 26.2. The third-order valence-electron chi connectivity index (χ3n) is 6.75. The first kappa shape index (κ1) is 38.6. The lowest BCUT2D eigenvalue weighted by Crippen LogP contribution is -2.41. The van der Waals surface area contributed by atoms with Crippen molar-refractivity contribution in [3.63, 3.8) is 0 Å². The Hall–Kier alpha value is -2.58. The summed E-state index contributed by atoms with van der Waals surface area (Å²) in [5.41, 5.74) is 5.37. The number of terminal acetylenes is 1. The zero-order valence-corrected chi connectivity index (χ0v) is 26.2. The van der Waals surface area contributed by atoms with Crippen LogP contribution in [0.1, 0.15) is 125 Å². The van der Waals surface area contributed by atoms with Crippen molar-refractivity contribution in [1.29, 1.82) is 0 Å². The topological polar surface area (TPSA) is 64.4 Å². The number of nitrogens with one attached hydrogen (secondary N) is 1. The second-order valence-electron chi connectivity index (χ2n) is 9.86. The van der Waals surface area contributed by atoms with Gasteiger partial charge in [-0.05, 0) is 70.8 Å². The van der Waals surface area contributed by atoms with Gasteiger partial charge in [0.05, 0.1) is 18.8 Å². The molecule has 2 rings (SSSR count). The maximum atomic E-state index is 10.9. The summed E-state index contributed by atoms with van der Waals surface area (Å²) in [6.45, 7) is 16.8. The molecule has 1 aliphatic rings. The highest BCUT2D eigenvalue weighted by molar-refractivity contribution is 5.19. The highest BCUT2D eigenvalue weighted by Gasteiger charge is 2.26. The minimum Gasteiger partial charge on any atom is -0.378 e. The van der Waals surface area contributed by atoms with Gasteiger partial charge in [-0.25, -0.2) is 10.1 Å². The fourth-order valence-electron chi connectivity index (χ4n) is 4.30. The van der Waals surface area contributed by atoms with E-state index in [1.54, 1.807) is 6.92 Å². The summed E-state index contributed by atoms with van der Waals surface area (Å²) in [4.78, 5) is 10.9. The standard InChI is InChI=1S/C21H34N2O3.C8H14.C3H4.C2H6/c1-3-4-6-11-21(22-23(24)25)17(2)16-26-20-14-12-19(13-15-20)18-9-7-5-8-10-18;1-4-6-7-8(3)5-2;1-3-2;1-2/h5,7-10,17,19-22H,3-4,6,11-16H2,1-2H3;4,6-7H,5H2,1-3H3;1H,2H3;1-2H3/b;6-4-,8-7-;;. The van der Waals surface area contributed by atoms with Gasteiger partial charge >= 0.3 is 0 Å². The summed E-state index contributed by atoms with van der Waals surface area (Å²) in [7, 11) is 0. The number of ether oxygens (including phenoxy) is 1. The van der Waals surface area contributed by atoms with Gasteiger partial charge in [-0.15, -0.1) is 17.8 Å². The second-order valence-corrected chi connectivity index (χ2v) is 9.86. The summed E-state index contributed by atoms with van der Waals surface area (Å²) >= 11 is 0. The molecule has 1 aliphatic carbocycles. The predicted octanol–water partition coefficient (Wildman–Crippen LogP) is 9.68. The van der Waals surface area contributed by atoms with Crippen LogP contribution in [0.3, 0.4) is 0 Å². The van der Waals surface area contributed by atoms with Gasteiger partial charge in [0.2, 0.25) is 0 Å². The average molecular weight is 543 g/mol. The largest absolute Gasteiger partial charge is 0.378 e. The predicted molar refractivity (Wildman–Crippen MR) is 169 cm³/mol. The lowest BCUT2D eigenvalue weighted by atomic mass is 9.83. The first-order valence-corrected chi connectivity index (χ1v) is 15.1. The van der Waals surface area contributed by atoms with Crippen molar-refractivity contribution in [2.24, 2.45) is 5.92 Å². The van der Waals surface area contributed by atoms with Crippen LogP contribution in [0.15, 0.2) is 54.1 Å². The van der Waals surface area contributed by atoms with Gasteiger partial charge in [-0.1, -0.05) is 108 Å². The highest BCUT2D eigenvalue weighted by atomic mass is 16.7. The zero-order chi connectivity index (χ0) is 29.9. The molecule has 0 bridgehead atoms. The summed E-state index contributed by atoms with van der Waals surface area (Å²) in [5.74, 6) is 3.04. The minimum absolute atomic E-state index is 0.114. The molecule has 0 amide bonds. The molecular formula is C34H58N2O3. The molecule has 0 saturated heterocycles. The van der Waals surface area contributed by atoms with Gasteiger partial charge in [0.25, 0.3) is 0 Å². The van der Waals surface area contributed by atoms with Crippen LogP contribution >= 0.6 is 0 Å². The number of hydrogen-bond acceptors (Lipinski definition) is 3. The Morgan fingerprint density at radius 1 is 1.18 bits per heavy atom. The molecule has 1 saturated carbocycles. The van der Waals surface area contributed by atoms with Crippen LogP contribution in [-0.4, -0.2) is 23.8 Å². The van der Waals surface area contributed by atoms with E-state index in [9.17, 15) is 10.1 Å². The van der Waals surface area contributed by atoms with Crippen LogP contribution in [0.5, 0.6) is 0 Å². The van der Waals surface area contributed by atoms with E-state index in [-0.39, 0.29) is 12.0 Å². The lowest BCUT2D eigenvalue weighted by Gasteiger charge is -2.30. The summed E-state index contributed by atoms with van der Waals surface area (Å²) in [6, 6.07) is 10.6. The third kappa shape index (κ3) is 21.0. The molecule has 0 heterocycles. The fraction of sp³-hybridized carbons (Fsp3) is 0.647. The minimum atomic E-state index is -0.405. The van der Waals surface area contributed by atoms with Crippen LogP contribution in [0.2, 0.25) is 0 Å². The molecule has 222 valence electrons. The maximum Gasteiger partial charge on any atom is 0.157 e. The molecule has 2 unspecified atom stereocenters. The molecule has 39 heavy (non-hydrogen) atoms. The Labute approximate surface area is 241 Å². The fourth-order valence-corrected chi connectivity index (χ4v) is 4.30. The van der Waals surface area contributed by atoms with Crippen molar-refractivity contribution in [3.8, 4) is 12.3 Å². The van der Waals surface area contributed by atoms with E-state index in [0.717, 1.165) is 57.8 Å². The Balaban J connectivity index is 0. The first-order valence-electron chi connectivity index (χ1n) is 15.1. The molecule has 1 aromatic rings. The van der Waals surface area contributed by atoms with Crippen LogP contribution in [0, 0.1) is 28.4 Å². The number of rotatable bonds is 13. The summed E-state index contributed by atoms with van der Waals surface area (Å²) < 4.78 is 6.14. The molecule has 0 aromatic heterocycles. The second kappa shape index (κ2) is 27.0. The van der Waals surface area contributed by atoms with Gasteiger partial charge in [0.1, 0.15) is 0 Å². The molecule has 5 heteroatoms. The molecule has 0 aliphatic heterocycles. The van der Waals surface area contributed by atoms with Crippen LogP contribution < -0.4 is 5.43 Å². The van der Waals surface area contributed by atoms with Crippen molar-refractivity contribution >= 4 is 0 Å². The number of allylic oxidation sites excluding steroid dienone is 4. The molecule has 0 radical (unpaired) electrons. The molecule has 0 spiro atoms. The molecule has 1 aromatic carbocycles. The van der Waals surface area contributed by atoms with Crippen LogP contribution in [0.4, 0.5) is 0 Å². The smallest absolute Gasteiger partial charge is 0.157 e. The SMILES string of the molecule is C#CC.C/C=C\C=C(\C)CC.CC.CCCCCC(N[N+](=O)[O-])C(C)COC1CCC(c2ccccc2)CC1.